The molecule has 94 valence electrons. The Morgan fingerprint density at radius 3 is 2.31 bits per heavy atom. The van der Waals surface area contributed by atoms with Crippen molar-refractivity contribution in [2.45, 2.75) is 25.4 Å². The highest BCUT2D eigenvalue weighted by molar-refractivity contribution is 7.90. The summed E-state index contributed by atoms with van der Waals surface area (Å²) in [4.78, 5) is 21.7. The van der Waals surface area contributed by atoms with Crippen molar-refractivity contribution in [3.63, 3.8) is 0 Å². The van der Waals surface area contributed by atoms with Crippen LogP contribution in [-0.4, -0.2) is 49.5 Å². The Kier molecular flexibility index (Phi) is 5.39. The fourth-order valence-corrected chi connectivity index (χ4v) is 1.54. The van der Waals surface area contributed by atoms with Crippen molar-refractivity contribution in [1.29, 1.82) is 0 Å². The minimum Gasteiger partial charge on any atom is -0.480 e. The van der Waals surface area contributed by atoms with Gasteiger partial charge in [0, 0.05) is 6.26 Å². The Balaban J connectivity index is 4.15. The molecular weight excluding hydrogens is 236 g/mol. The van der Waals surface area contributed by atoms with Crippen LogP contribution in [0, 0.1) is 0 Å². The van der Waals surface area contributed by atoms with E-state index < -0.39 is 33.8 Å². The number of nitrogens with one attached hydrogen (secondary N) is 1. The van der Waals surface area contributed by atoms with Crippen molar-refractivity contribution in [3.8, 4) is 0 Å². The molecule has 0 bridgehead atoms. The number of sulfone groups is 1. The van der Waals surface area contributed by atoms with Crippen LogP contribution in [0.3, 0.4) is 0 Å². The zero-order valence-electron chi connectivity index (χ0n) is 9.13. The highest BCUT2D eigenvalue weighted by Gasteiger charge is 2.20. The summed E-state index contributed by atoms with van der Waals surface area (Å²) in [7, 11) is -3.17. The summed E-state index contributed by atoms with van der Waals surface area (Å²) >= 11 is 0. The molecule has 0 aliphatic carbocycles. The molecule has 0 rings (SSSR count). The molecule has 0 aromatic carbocycles. The third-order valence-electron chi connectivity index (χ3n) is 1.87. The van der Waals surface area contributed by atoms with E-state index in [1.54, 1.807) is 0 Å². The number of rotatable bonds is 6. The third kappa shape index (κ3) is 6.36. The van der Waals surface area contributed by atoms with Crippen LogP contribution >= 0.6 is 0 Å². The van der Waals surface area contributed by atoms with Crippen LogP contribution in [0.25, 0.3) is 0 Å². The predicted molar refractivity (Wildman–Crippen MR) is 57.5 cm³/mol. The second kappa shape index (κ2) is 5.80. The molecule has 8 heteroatoms. The predicted octanol–water partition coefficient (Wildman–Crippen LogP) is -1.66. The van der Waals surface area contributed by atoms with Crippen molar-refractivity contribution < 1.29 is 23.1 Å². The van der Waals surface area contributed by atoms with Crippen LogP contribution in [0.2, 0.25) is 0 Å². The average Bonchev–Trinajstić information content (AvgIpc) is 2.12. The highest BCUT2D eigenvalue weighted by atomic mass is 32.2. The van der Waals surface area contributed by atoms with Crippen LogP contribution in [0.1, 0.15) is 13.3 Å². The molecular formula is C8H16N2O5S. The quantitative estimate of drug-likeness (QED) is 0.519. The first kappa shape index (κ1) is 14.8. The summed E-state index contributed by atoms with van der Waals surface area (Å²) in [6.07, 6.45) is 1.01. The summed E-state index contributed by atoms with van der Waals surface area (Å²) in [5.74, 6) is -2.05. The van der Waals surface area contributed by atoms with Gasteiger partial charge in [0.05, 0.1) is 11.8 Å². The second-order valence-electron chi connectivity index (χ2n) is 3.59. The van der Waals surface area contributed by atoms with Crippen LogP contribution in [0.15, 0.2) is 0 Å². The molecule has 0 aromatic heterocycles. The SMILES string of the molecule is C[C@H](NC(=O)C(N)CCS(C)(=O)=O)C(=O)O. The van der Waals surface area contributed by atoms with Gasteiger partial charge < -0.3 is 16.2 Å². The smallest absolute Gasteiger partial charge is 0.325 e. The van der Waals surface area contributed by atoms with Crippen molar-refractivity contribution in [1.82, 2.24) is 5.32 Å². The van der Waals surface area contributed by atoms with Crippen LogP contribution in [0.4, 0.5) is 0 Å². The van der Waals surface area contributed by atoms with E-state index >= 15 is 0 Å². The topological polar surface area (TPSA) is 127 Å². The van der Waals surface area contributed by atoms with Gasteiger partial charge in [0.1, 0.15) is 15.9 Å². The number of amides is 1. The second-order valence-corrected chi connectivity index (χ2v) is 5.85. The Bertz CT molecular complexity index is 365. The molecule has 0 saturated carbocycles. The molecule has 0 aromatic rings. The maximum atomic E-state index is 11.3. The summed E-state index contributed by atoms with van der Waals surface area (Å²) in [5, 5.41) is 10.7. The first-order chi connectivity index (χ1) is 7.13. The molecule has 4 N–H and O–H groups in total. The Hall–Kier alpha value is -1.15. The largest absolute Gasteiger partial charge is 0.480 e. The summed E-state index contributed by atoms with van der Waals surface area (Å²) in [6, 6.07) is -2.06. The lowest BCUT2D eigenvalue weighted by molar-refractivity contribution is -0.141. The number of carbonyl (C=O) groups excluding carboxylic acids is 1. The standard InChI is InChI=1S/C8H16N2O5S/c1-5(8(12)13)10-7(11)6(9)3-4-16(2,14)15/h5-6H,3-4,9H2,1-2H3,(H,10,11)(H,12,13)/t5-,6?/m0/s1. The number of carboxylic acid groups (broad SMARTS) is 1. The van der Waals surface area contributed by atoms with Crippen LogP contribution in [0.5, 0.6) is 0 Å². The van der Waals surface area contributed by atoms with E-state index in [1.165, 1.54) is 6.92 Å². The maximum absolute atomic E-state index is 11.3. The lowest BCUT2D eigenvalue weighted by atomic mass is 10.2. The molecule has 16 heavy (non-hydrogen) atoms. The van der Waals surface area contributed by atoms with Gasteiger partial charge in [0.25, 0.3) is 0 Å². The van der Waals surface area contributed by atoms with E-state index in [0.717, 1.165) is 6.26 Å². The Morgan fingerprint density at radius 1 is 1.44 bits per heavy atom. The fourth-order valence-electron chi connectivity index (χ4n) is 0.854. The van der Waals surface area contributed by atoms with Gasteiger partial charge in [-0.25, -0.2) is 8.42 Å². The van der Waals surface area contributed by atoms with Gasteiger partial charge in [0.15, 0.2) is 0 Å². The van der Waals surface area contributed by atoms with Crippen LogP contribution < -0.4 is 11.1 Å². The summed E-state index contributed by atoms with van der Waals surface area (Å²) in [6.45, 7) is 1.30. The monoisotopic (exact) mass is 252 g/mol. The van der Waals surface area contributed by atoms with Gasteiger partial charge in [-0.3, -0.25) is 9.59 Å². The number of carboxylic acids is 1. The molecule has 1 unspecified atom stereocenters. The first-order valence-corrected chi connectivity index (χ1v) is 6.66. The lowest BCUT2D eigenvalue weighted by Gasteiger charge is -2.14. The van der Waals surface area contributed by atoms with Crippen molar-refractivity contribution in [2.75, 3.05) is 12.0 Å². The molecule has 0 fully saturated rings. The van der Waals surface area contributed by atoms with Gasteiger partial charge in [-0.15, -0.1) is 0 Å². The molecule has 0 spiro atoms. The summed E-state index contributed by atoms with van der Waals surface area (Å²) < 4.78 is 21.6. The molecule has 0 heterocycles. The van der Waals surface area contributed by atoms with E-state index in [0.29, 0.717) is 0 Å². The number of carbonyl (C=O) groups is 2. The van der Waals surface area contributed by atoms with E-state index in [2.05, 4.69) is 5.32 Å². The third-order valence-corrected chi connectivity index (χ3v) is 2.84. The van der Waals surface area contributed by atoms with Gasteiger partial charge in [0.2, 0.25) is 5.91 Å². The zero-order chi connectivity index (χ0) is 12.9. The average molecular weight is 252 g/mol. The number of nitrogens with two attached hydrogens (primary N) is 1. The Labute approximate surface area is 93.9 Å². The van der Waals surface area contributed by atoms with Gasteiger partial charge >= 0.3 is 5.97 Å². The van der Waals surface area contributed by atoms with Crippen molar-refractivity contribution in [3.05, 3.63) is 0 Å². The van der Waals surface area contributed by atoms with E-state index in [4.69, 9.17) is 10.8 Å². The number of aliphatic carboxylic acids is 1. The van der Waals surface area contributed by atoms with Crippen molar-refractivity contribution in [2.24, 2.45) is 5.73 Å². The highest BCUT2D eigenvalue weighted by Crippen LogP contribution is 1.95. The fraction of sp³-hybridized carbons (Fsp3) is 0.750. The van der Waals surface area contributed by atoms with E-state index in [9.17, 15) is 18.0 Å². The Morgan fingerprint density at radius 2 is 1.94 bits per heavy atom. The lowest BCUT2D eigenvalue weighted by Crippen LogP contribution is -2.47. The normalized spacial score (nSPS) is 15.2. The van der Waals surface area contributed by atoms with Gasteiger partial charge in [-0.1, -0.05) is 0 Å². The maximum Gasteiger partial charge on any atom is 0.325 e. The van der Waals surface area contributed by atoms with E-state index in [-0.39, 0.29) is 12.2 Å². The van der Waals surface area contributed by atoms with Crippen LogP contribution in [-0.2, 0) is 19.4 Å². The molecule has 0 saturated heterocycles. The van der Waals surface area contributed by atoms with Gasteiger partial charge in [-0.05, 0) is 13.3 Å². The zero-order valence-corrected chi connectivity index (χ0v) is 9.95. The number of hydrogen-bond acceptors (Lipinski definition) is 5. The molecule has 0 aliphatic rings. The minimum atomic E-state index is -3.17. The summed E-state index contributed by atoms with van der Waals surface area (Å²) in [5.41, 5.74) is 5.40. The van der Waals surface area contributed by atoms with E-state index in [1.807, 2.05) is 0 Å². The molecule has 2 atom stereocenters. The van der Waals surface area contributed by atoms with Gasteiger partial charge in [-0.2, -0.15) is 0 Å². The number of hydrogen-bond donors (Lipinski definition) is 3. The minimum absolute atomic E-state index is 0.0307. The molecule has 7 nitrogen and oxygen atoms in total. The first-order valence-electron chi connectivity index (χ1n) is 4.60. The molecule has 0 radical (unpaired) electrons. The molecule has 0 aliphatic heterocycles. The van der Waals surface area contributed by atoms with Crippen molar-refractivity contribution >= 4 is 21.7 Å². The molecule has 1 amide bonds.